The Morgan fingerprint density at radius 2 is 2.24 bits per heavy atom. The summed E-state index contributed by atoms with van der Waals surface area (Å²) in [6.45, 7) is 3.06. The van der Waals surface area contributed by atoms with Crippen molar-refractivity contribution in [2.45, 2.75) is 44.8 Å². The van der Waals surface area contributed by atoms with E-state index in [4.69, 9.17) is 16.3 Å². The molecule has 2 unspecified atom stereocenters. The van der Waals surface area contributed by atoms with Crippen LogP contribution in [0.25, 0.3) is 0 Å². The second kappa shape index (κ2) is 6.27. The number of hydrogen-bond acceptors (Lipinski definition) is 2. The van der Waals surface area contributed by atoms with Crippen molar-refractivity contribution in [3.63, 3.8) is 0 Å². The van der Waals surface area contributed by atoms with Crippen LogP contribution in [0.2, 0.25) is 5.02 Å². The molecular weight excluding hydrogens is 234 g/mol. The number of para-hydroxylation sites is 1. The van der Waals surface area contributed by atoms with Crippen molar-refractivity contribution in [1.82, 2.24) is 0 Å². The summed E-state index contributed by atoms with van der Waals surface area (Å²) in [5.41, 5.74) is 1.04. The van der Waals surface area contributed by atoms with Gasteiger partial charge in [-0.2, -0.15) is 0 Å². The van der Waals surface area contributed by atoms with Gasteiger partial charge in [-0.05, 0) is 31.4 Å². The summed E-state index contributed by atoms with van der Waals surface area (Å²) in [5, 5.41) is 4.32. The third-order valence-corrected chi connectivity index (χ3v) is 3.54. The van der Waals surface area contributed by atoms with Crippen LogP contribution in [0.3, 0.4) is 0 Å². The topological polar surface area (TPSA) is 21.3 Å². The van der Waals surface area contributed by atoms with Gasteiger partial charge in [0.25, 0.3) is 0 Å². The molecule has 0 aromatic heterocycles. The lowest BCUT2D eigenvalue weighted by Gasteiger charge is -2.30. The first-order chi connectivity index (χ1) is 8.29. The van der Waals surface area contributed by atoms with Crippen LogP contribution in [0, 0.1) is 0 Å². The summed E-state index contributed by atoms with van der Waals surface area (Å²) in [7, 11) is 0. The van der Waals surface area contributed by atoms with Crippen LogP contribution < -0.4 is 5.32 Å². The predicted molar refractivity (Wildman–Crippen MR) is 72.7 cm³/mol. The van der Waals surface area contributed by atoms with Gasteiger partial charge in [0.15, 0.2) is 0 Å². The molecule has 0 saturated carbocycles. The molecule has 2 rings (SSSR count). The lowest BCUT2D eigenvalue weighted by Crippen LogP contribution is -2.34. The molecule has 2 nitrogen and oxygen atoms in total. The molecule has 3 heteroatoms. The van der Waals surface area contributed by atoms with E-state index < -0.39 is 0 Å². The molecule has 1 saturated heterocycles. The van der Waals surface area contributed by atoms with E-state index in [-0.39, 0.29) is 0 Å². The van der Waals surface area contributed by atoms with Crippen molar-refractivity contribution in [3.8, 4) is 0 Å². The molecule has 1 aromatic rings. The molecule has 1 aromatic carbocycles. The van der Waals surface area contributed by atoms with Gasteiger partial charge >= 0.3 is 0 Å². The molecule has 2 atom stereocenters. The minimum absolute atomic E-state index is 0.411. The van der Waals surface area contributed by atoms with Crippen molar-refractivity contribution >= 4 is 17.3 Å². The van der Waals surface area contributed by atoms with Gasteiger partial charge in [0.05, 0.1) is 16.8 Å². The molecule has 0 aliphatic carbocycles. The number of nitrogens with one attached hydrogen (secondary N) is 1. The molecule has 17 heavy (non-hydrogen) atoms. The van der Waals surface area contributed by atoms with Crippen molar-refractivity contribution in [2.24, 2.45) is 0 Å². The Labute approximate surface area is 108 Å². The number of rotatable bonds is 4. The van der Waals surface area contributed by atoms with Crippen LogP contribution in [-0.4, -0.2) is 18.8 Å². The number of hydrogen-bond donors (Lipinski definition) is 1. The Morgan fingerprint density at radius 3 is 3.00 bits per heavy atom. The zero-order valence-electron chi connectivity index (χ0n) is 10.3. The lowest BCUT2D eigenvalue weighted by atomic mass is 10.00. The van der Waals surface area contributed by atoms with Crippen molar-refractivity contribution < 1.29 is 4.74 Å². The highest BCUT2D eigenvalue weighted by Crippen LogP contribution is 2.25. The monoisotopic (exact) mass is 253 g/mol. The van der Waals surface area contributed by atoms with E-state index in [1.54, 1.807) is 0 Å². The summed E-state index contributed by atoms with van der Waals surface area (Å²) in [4.78, 5) is 0. The van der Waals surface area contributed by atoms with Crippen LogP contribution in [-0.2, 0) is 4.74 Å². The van der Waals surface area contributed by atoms with E-state index in [9.17, 15) is 0 Å². The second-order valence-electron chi connectivity index (χ2n) is 4.63. The average molecular weight is 254 g/mol. The van der Waals surface area contributed by atoms with Crippen molar-refractivity contribution in [3.05, 3.63) is 29.3 Å². The van der Waals surface area contributed by atoms with Crippen LogP contribution in [0.1, 0.15) is 32.6 Å². The molecule has 1 N–H and O–H groups in total. The summed E-state index contributed by atoms with van der Waals surface area (Å²) in [6.07, 6.45) is 4.89. The molecule has 1 heterocycles. The van der Waals surface area contributed by atoms with Crippen LogP contribution >= 0.6 is 11.6 Å². The maximum atomic E-state index is 6.15. The molecule has 94 valence electrons. The van der Waals surface area contributed by atoms with Crippen molar-refractivity contribution in [2.75, 3.05) is 11.9 Å². The highest BCUT2D eigenvalue weighted by atomic mass is 35.5. The molecule has 0 amide bonds. The van der Waals surface area contributed by atoms with Gasteiger partial charge in [0.1, 0.15) is 0 Å². The SMILES string of the molecule is CCCC1CC(Nc2ccccc2Cl)CCO1. The van der Waals surface area contributed by atoms with E-state index >= 15 is 0 Å². The highest BCUT2D eigenvalue weighted by Gasteiger charge is 2.22. The summed E-state index contributed by atoms with van der Waals surface area (Å²) in [5.74, 6) is 0. The van der Waals surface area contributed by atoms with Crippen LogP contribution in [0.4, 0.5) is 5.69 Å². The van der Waals surface area contributed by atoms with Crippen LogP contribution in [0.15, 0.2) is 24.3 Å². The van der Waals surface area contributed by atoms with Gasteiger partial charge in [0, 0.05) is 12.6 Å². The van der Waals surface area contributed by atoms with Gasteiger partial charge < -0.3 is 10.1 Å². The number of benzene rings is 1. The fourth-order valence-corrected chi connectivity index (χ4v) is 2.52. The van der Waals surface area contributed by atoms with Gasteiger partial charge in [-0.3, -0.25) is 0 Å². The smallest absolute Gasteiger partial charge is 0.0637 e. The zero-order valence-corrected chi connectivity index (χ0v) is 11.0. The second-order valence-corrected chi connectivity index (χ2v) is 5.03. The maximum Gasteiger partial charge on any atom is 0.0637 e. The zero-order chi connectivity index (χ0) is 12.1. The lowest BCUT2D eigenvalue weighted by molar-refractivity contribution is 0.00598. The standard InChI is InChI=1S/C14H20ClNO/c1-2-5-12-10-11(8-9-17-12)16-14-7-4-3-6-13(14)15/h3-4,6-7,11-12,16H,2,5,8-10H2,1H3. The molecule has 0 radical (unpaired) electrons. The van der Waals surface area contributed by atoms with E-state index in [0.717, 1.165) is 36.6 Å². The number of halogens is 1. The van der Waals surface area contributed by atoms with Crippen molar-refractivity contribution in [1.29, 1.82) is 0 Å². The first kappa shape index (κ1) is 12.7. The normalized spacial score (nSPS) is 24.6. The van der Waals surface area contributed by atoms with Gasteiger partial charge in [-0.15, -0.1) is 0 Å². The van der Waals surface area contributed by atoms with Crippen LogP contribution in [0.5, 0.6) is 0 Å². The Hall–Kier alpha value is -0.730. The largest absolute Gasteiger partial charge is 0.381 e. The highest BCUT2D eigenvalue weighted by molar-refractivity contribution is 6.33. The fourth-order valence-electron chi connectivity index (χ4n) is 2.33. The predicted octanol–water partition coefficient (Wildman–Crippen LogP) is 4.10. The van der Waals surface area contributed by atoms with E-state index in [0.29, 0.717) is 12.1 Å². The molecular formula is C14H20ClNO. The third-order valence-electron chi connectivity index (χ3n) is 3.21. The minimum Gasteiger partial charge on any atom is -0.381 e. The number of anilines is 1. The maximum absolute atomic E-state index is 6.15. The molecule has 1 aliphatic heterocycles. The number of ether oxygens (including phenoxy) is 1. The average Bonchev–Trinajstić information content (AvgIpc) is 2.33. The minimum atomic E-state index is 0.411. The van der Waals surface area contributed by atoms with E-state index in [1.165, 1.54) is 6.42 Å². The molecule has 1 aliphatic rings. The first-order valence-corrected chi connectivity index (χ1v) is 6.80. The summed E-state index contributed by atoms with van der Waals surface area (Å²) in [6, 6.07) is 8.41. The molecule has 0 spiro atoms. The summed E-state index contributed by atoms with van der Waals surface area (Å²) >= 11 is 6.15. The third kappa shape index (κ3) is 3.62. The Balaban J connectivity index is 1.92. The van der Waals surface area contributed by atoms with Gasteiger partial charge in [-0.25, -0.2) is 0 Å². The van der Waals surface area contributed by atoms with Gasteiger partial charge in [-0.1, -0.05) is 37.1 Å². The molecule has 0 bridgehead atoms. The Bertz CT molecular complexity index is 354. The van der Waals surface area contributed by atoms with Gasteiger partial charge in [0.2, 0.25) is 0 Å². The molecule has 1 fully saturated rings. The quantitative estimate of drug-likeness (QED) is 0.872. The Kier molecular flexibility index (Phi) is 4.69. The Morgan fingerprint density at radius 1 is 1.41 bits per heavy atom. The summed E-state index contributed by atoms with van der Waals surface area (Å²) < 4.78 is 5.74. The van der Waals surface area contributed by atoms with E-state index in [1.807, 2.05) is 24.3 Å². The van der Waals surface area contributed by atoms with E-state index in [2.05, 4.69) is 12.2 Å². The first-order valence-electron chi connectivity index (χ1n) is 6.42. The fraction of sp³-hybridized carbons (Fsp3) is 0.571.